The van der Waals surface area contributed by atoms with Gasteiger partial charge in [0.25, 0.3) is 0 Å². The minimum Gasteiger partial charge on any atom is -0.462 e. The summed E-state index contributed by atoms with van der Waals surface area (Å²) in [5.74, 6) is -0.520. The molecule has 0 spiro atoms. The number of aliphatic hydroxyl groups is 2. The molecule has 0 aromatic carbocycles. The Hall–Kier alpha value is -2.18. The monoisotopic (exact) mass is 870 g/mol. The molecular weight excluding hydrogens is 767 g/mol. The summed E-state index contributed by atoms with van der Waals surface area (Å²) < 4.78 is 5.91. The van der Waals surface area contributed by atoms with E-state index in [2.05, 4.69) is 74.7 Å². The minimum atomic E-state index is -0.801. The van der Waals surface area contributed by atoms with Crippen LogP contribution in [0.1, 0.15) is 271 Å². The molecule has 1 amide bonds. The van der Waals surface area contributed by atoms with Gasteiger partial charge in [0.05, 0.1) is 25.2 Å². The Labute approximate surface area is 385 Å². The maximum absolute atomic E-state index is 13.2. The molecule has 0 saturated heterocycles. The largest absolute Gasteiger partial charge is 0.462 e. The van der Waals surface area contributed by atoms with Crippen molar-refractivity contribution in [3.05, 3.63) is 48.6 Å². The summed E-state index contributed by atoms with van der Waals surface area (Å²) in [5, 5.41) is 23.8. The minimum absolute atomic E-state index is 0.0424. The van der Waals surface area contributed by atoms with Crippen LogP contribution in [-0.2, 0) is 14.3 Å². The summed E-state index contributed by atoms with van der Waals surface area (Å²) in [6.45, 7) is 6.37. The molecule has 0 aromatic heterocycles. The highest BCUT2D eigenvalue weighted by Gasteiger charge is 2.24. The number of aliphatic hydroxyl groups excluding tert-OH is 2. The number of unbranched alkanes of at least 4 members (excludes halogenated alkanes) is 28. The SMILES string of the molecule is CC/C=C/C/C=C/C/C=C/C/C=C/CCCC(CC(=O)NC(CO)C(O)CCCCCCCCCCCCCCCCCCC)OC(=O)CCCCCCCCCCCCCC. The first-order chi connectivity index (χ1) is 30.5. The topological polar surface area (TPSA) is 95.9 Å². The molecule has 362 valence electrons. The molecule has 0 aliphatic rings. The maximum Gasteiger partial charge on any atom is 0.306 e. The first-order valence-corrected chi connectivity index (χ1v) is 26.9. The lowest BCUT2D eigenvalue weighted by Gasteiger charge is -2.24. The molecule has 6 heteroatoms. The third kappa shape index (κ3) is 44.4. The molecule has 6 nitrogen and oxygen atoms in total. The molecule has 0 fully saturated rings. The normalized spacial score (nSPS) is 13.6. The smallest absolute Gasteiger partial charge is 0.306 e. The lowest BCUT2D eigenvalue weighted by atomic mass is 10.0. The Balaban J connectivity index is 4.57. The van der Waals surface area contributed by atoms with Gasteiger partial charge >= 0.3 is 5.97 Å². The lowest BCUT2D eigenvalue weighted by molar-refractivity contribution is -0.151. The van der Waals surface area contributed by atoms with Crippen LogP contribution in [0.2, 0.25) is 0 Å². The molecule has 0 radical (unpaired) electrons. The summed E-state index contributed by atoms with van der Waals surface area (Å²) in [5.41, 5.74) is 0. The fourth-order valence-corrected chi connectivity index (χ4v) is 8.13. The van der Waals surface area contributed by atoms with E-state index >= 15 is 0 Å². The fourth-order valence-electron chi connectivity index (χ4n) is 8.13. The highest BCUT2D eigenvalue weighted by atomic mass is 16.5. The maximum atomic E-state index is 13.2. The number of amides is 1. The van der Waals surface area contributed by atoms with Gasteiger partial charge in [-0.1, -0.05) is 249 Å². The number of hydrogen-bond donors (Lipinski definition) is 3. The van der Waals surface area contributed by atoms with E-state index < -0.39 is 18.2 Å². The van der Waals surface area contributed by atoms with E-state index in [1.54, 1.807) is 0 Å². The predicted octanol–water partition coefficient (Wildman–Crippen LogP) is 16.2. The summed E-state index contributed by atoms with van der Waals surface area (Å²) >= 11 is 0. The number of nitrogens with one attached hydrogen (secondary N) is 1. The standard InChI is InChI=1S/C56H103NO5/c1-4-7-10-13-16-19-22-25-27-28-29-31-33-36-39-42-45-48-54(59)53(51-58)57-55(60)50-52(47-44-41-38-35-32-30-26-23-20-17-14-11-8-5-2)62-56(61)49-46-43-40-37-34-24-21-18-15-12-9-6-3/h8,11,17,20,26,30,35,38,52-54,58-59H,4-7,9-10,12-16,18-19,21-25,27-29,31-34,36-37,39-51H2,1-3H3,(H,57,60)/b11-8+,20-17+,30-26+,38-35+. The molecular formula is C56H103NO5. The van der Waals surface area contributed by atoms with Crippen LogP contribution < -0.4 is 5.32 Å². The third-order valence-electron chi connectivity index (χ3n) is 12.2. The van der Waals surface area contributed by atoms with Crippen LogP contribution in [0.15, 0.2) is 48.6 Å². The van der Waals surface area contributed by atoms with Crippen molar-refractivity contribution in [1.82, 2.24) is 5.32 Å². The Bertz CT molecular complexity index is 1070. The Kier molecular flexibility index (Phi) is 48.1. The number of carbonyl (C=O) groups excluding carboxylic acids is 2. The molecule has 3 unspecified atom stereocenters. The van der Waals surface area contributed by atoms with Gasteiger partial charge in [-0.3, -0.25) is 9.59 Å². The first kappa shape index (κ1) is 59.8. The molecule has 0 aromatic rings. The average molecular weight is 870 g/mol. The summed E-state index contributed by atoms with van der Waals surface area (Å²) in [6.07, 6.45) is 60.4. The molecule has 0 bridgehead atoms. The van der Waals surface area contributed by atoms with Crippen molar-refractivity contribution < 1.29 is 24.5 Å². The molecule has 0 saturated carbocycles. The van der Waals surface area contributed by atoms with Crippen molar-refractivity contribution in [3.63, 3.8) is 0 Å². The van der Waals surface area contributed by atoms with E-state index in [-0.39, 0.29) is 24.9 Å². The molecule has 62 heavy (non-hydrogen) atoms. The molecule has 3 N–H and O–H groups in total. The third-order valence-corrected chi connectivity index (χ3v) is 12.2. The number of rotatable bonds is 48. The van der Waals surface area contributed by atoms with Gasteiger partial charge in [-0.15, -0.1) is 0 Å². The van der Waals surface area contributed by atoms with Gasteiger partial charge in [-0.2, -0.15) is 0 Å². The van der Waals surface area contributed by atoms with Gasteiger partial charge in [0.1, 0.15) is 6.10 Å². The van der Waals surface area contributed by atoms with Gasteiger partial charge < -0.3 is 20.3 Å². The molecule has 0 aliphatic heterocycles. The van der Waals surface area contributed by atoms with Crippen molar-refractivity contribution >= 4 is 11.9 Å². The van der Waals surface area contributed by atoms with E-state index in [0.717, 1.165) is 77.0 Å². The number of ether oxygens (including phenoxy) is 1. The lowest BCUT2D eigenvalue weighted by Crippen LogP contribution is -2.46. The zero-order chi connectivity index (χ0) is 45.2. The number of esters is 1. The summed E-state index contributed by atoms with van der Waals surface area (Å²) in [4.78, 5) is 26.1. The van der Waals surface area contributed by atoms with E-state index in [9.17, 15) is 19.8 Å². The van der Waals surface area contributed by atoms with Gasteiger partial charge in [0.2, 0.25) is 5.91 Å². The highest BCUT2D eigenvalue weighted by molar-refractivity contribution is 5.77. The van der Waals surface area contributed by atoms with Gasteiger partial charge in [-0.05, 0) is 57.8 Å². The Morgan fingerprint density at radius 1 is 0.484 bits per heavy atom. The number of allylic oxidation sites excluding steroid dienone is 8. The van der Waals surface area contributed by atoms with E-state index in [1.807, 2.05) is 0 Å². The van der Waals surface area contributed by atoms with Crippen LogP contribution in [0, 0.1) is 0 Å². The van der Waals surface area contributed by atoms with Crippen molar-refractivity contribution in [2.45, 2.75) is 289 Å². The van der Waals surface area contributed by atoms with Crippen LogP contribution in [0.3, 0.4) is 0 Å². The first-order valence-electron chi connectivity index (χ1n) is 26.9. The van der Waals surface area contributed by atoms with Crippen molar-refractivity contribution in [2.24, 2.45) is 0 Å². The van der Waals surface area contributed by atoms with E-state index in [1.165, 1.54) is 148 Å². The van der Waals surface area contributed by atoms with Crippen LogP contribution in [-0.4, -0.2) is 46.9 Å². The van der Waals surface area contributed by atoms with Crippen LogP contribution in [0.4, 0.5) is 0 Å². The Morgan fingerprint density at radius 3 is 1.29 bits per heavy atom. The molecule has 0 aliphatic carbocycles. The van der Waals surface area contributed by atoms with Gasteiger partial charge in [-0.25, -0.2) is 0 Å². The predicted molar refractivity (Wildman–Crippen MR) is 269 cm³/mol. The molecule has 3 atom stereocenters. The zero-order valence-corrected chi connectivity index (χ0v) is 41.3. The highest BCUT2D eigenvalue weighted by Crippen LogP contribution is 2.18. The molecule has 0 rings (SSSR count). The summed E-state index contributed by atoms with van der Waals surface area (Å²) in [7, 11) is 0. The van der Waals surface area contributed by atoms with Crippen molar-refractivity contribution in [3.8, 4) is 0 Å². The number of carbonyl (C=O) groups is 2. The van der Waals surface area contributed by atoms with Crippen molar-refractivity contribution in [1.29, 1.82) is 0 Å². The Morgan fingerprint density at radius 2 is 0.871 bits per heavy atom. The van der Waals surface area contributed by atoms with Gasteiger partial charge in [0, 0.05) is 6.42 Å². The summed E-state index contributed by atoms with van der Waals surface area (Å²) in [6, 6.07) is -0.717. The fraction of sp³-hybridized carbons (Fsp3) is 0.821. The second-order valence-corrected chi connectivity index (χ2v) is 18.3. The van der Waals surface area contributed by atoms with Crippen LogP contribution in [0.25, 0.3) is 0 Å². The van der Waals surface area contributed by atoms with Crippen LogP contribution >= 0.6 is 0 Å². The average Bonchev–Trinajstić information content (AvgIpc) is 3.26. The zero-order valence-electron chi connectivity index (χ0n) is 41.3. The number of hydrogen-bond acceptors (Lipinski definition) is 5. The second kappa shape index (κ2) is 49.8. The second-order valence-electron chi connectivity index (χ2n) is 18.3. The quantitative estimate of drug-likeness (QED) is 0.0322. The van der Waals surface area contributed by atoms with E-state index in [4.69, 9.17) is 4.74 Å². The van der Waals surface area contributed by atoms with Crippen LogP contribution in [0.5, 0.6) is 0 Å². The van der Waals surface area contributed by atoms with Gasteiger partial charge in [0.15, 0.2) is 0 Å². The van der Waals surface area contributed by atoms with Crippen molar-refractivity contribution in [2.75, 3.05) is 6.61 Å². The molecule has 0 heterocycles. The van der Waals surface area contributed by atoms with E-state index in [0.29, 0.717) is 19.3 Å².